The third-order valence-electron chi connectivity index (χ3n) is 3.93. The van der Waals surface area contributed by atoms with E-state index in [1.807, 2.05) is 4.90 Å². The van der Waals surface area contributed by atoms with Crippen molar-refractivity contribution in [1.82, 2.24) is 5.32 Å². The number of benzene rings is 1. The molecular weight excluding hydrogens is 329 g/mol. The molecule has 138 valence electrons. The number of amides is 2. The van der Waals surface area contributed by atoms with Crippen LogP contribution in [-0.4, -0.2) is 48.9 Å². The summed E-state index contributed by atoms with van der Waals surface area (Å²) >= 11 is 0. The Kier molecular flexibility index (Phi) is 6.19. The quantitative estimate of drug-likeness (QED) is 0.731. The number of nitrogens with one attached hydrogen (secondary N) is 2. The van der Waals surface area contributed by atoms with E-state index in [9.17, 15) is 14.0 Å². The molecule has 3 N–H and O–H groups in total. The van der Waals surface area contributed by atoms with Crippen LogP contribution in [0, 0.1) is 5.82 Å². The molecular formula is C17H24FN3O4. The molecule has 0 radical (unpaired) electrons. The van der Waals surface area contributed by atoms with Crippen LogP contribution >= 0.6 is 0 Å². The Morgan fingerprint density at radius 2 is 1.96 bits per heavy atom. The molecule has 0 atom stereocenters. The number of morpholine rings is 1. The van der Waals surface area contributed by atoms with E-state index in [0.717, 1.165) is 0 Å². The molecule has 0 saturated carbocycles. The lowest BCUT2D eigenvalue weighted by Gasteiger charge is -2.29. The molecule has 0 aliphatic carbocycles. The van der Waals surface area contributed by atoms with Crippen LogP contribution in [0.5, 0.6) is 0 Å². The van der Waals surface area contributed by atoms with Gasteiger partial charge >= 0.3 is 12.0 Å². The van der Waals surface area contributed by atoms with Crippen LogP contribution in [0.25, 0.3) is 0 Å². The first-order valence-corrected chi connectivity index (χ1v) is 8.19. The van der Waals surface area contributed by atoms with Gasteiger partial charge in [-0.2, -0.15) is 0 Å². The summed E-state index contributed by atoms with van der Waals surface area (Å²) in [7, 11) is 0. The molecule has 2 rings (SSSR count). The van der Waals surface area contributed by atoms with Crippen LogP contribution in [0.3, 0.4) is 0 Å². The largest absolute Gasteiger partial charge is 0.481 e. The van der Waals surface area contributed by atoms with Gasteiger partial charge in [-0.05, 0) is 38.5 Å². The van der Waals surface area contributed by atoms with Crippen molar-refractivity contribution in [1.29, 1.82) is 0 Å². The molecule has 1 heterocycles. The number of carboxylic acids is 1. The summed E-state index contributed by atoms with van der Waals surface area (Å²) in [5.41, 5.74) is 0.333. The van der Waals surface area contributed by atoms with Crippen molar-refractivity contribution in [2.24, 2.45) is 0 Å². The summed E-state index contributed by atoms with van der Waals surface area (Å²) < 4.78 is 19.2. The number of urea groups is 1. The summed E-state index contributed by atoms with van der Waals surface area (Å²) in [6.07, 6.45) is 0.242. The van der Waals surface area contributed by atoms with E-state index in [-0.39, 0.29) is 12.8 Å². The Morgan fingerprint density at radius 1 is 1.28 bits per heavy atom. The summed E-state index contributed by atoms with van der Waals surface area (Å²) in [6, 6.07) is 3.87. The van der Waals surface area contributed by atoms with Crippen molar-refractivity contribution in [3.05, 3.63) is 24.0 Å². The van der Waals surface area contributed by atoms with Gasteiger partial charge in [-0.15, -0.1) is 0 Å². The maximum atomic E-state index is 13.9. The van der Waals surface area contributed by atoms with Crippen LogP contribution < -0.4 is 15.5 Å². The lowest BCUT2D eigenvalue weighted by molar-refractivity contribution is -0.137. The number of carbonyl (C=O) groups excluding carboxylic acids is 1. The van der Waals surface area contributed by atoms with Gasteiger partial charge in [0.2, 0.25) is 0 Å². The third kappa shape index (κ3) is 6.22. The van der Waals surface area contributed by atoms with Gasteiger partial charge in [-0.3, -0.25) is 4.79 Å². The molecule has 0 aromatic heterocycles. The molecule has 8 heteroatoms. The fraction of sp³-hybridized carbons (Fsp3) is 0.529. The molecule has 7 nitrogen and oxygen atoms in total. The number of halogens is 1. The van der Waals surface area contributed by atoms with E-state index in [1.165, 1.54) is 12.1 Å². The first-order valence-electron chi connectivity index (χ1n) is 8.19. The Bertz CT molecular complexity index is 630. The van der Waals surface area contributed by atoms with Crippen LogP contribution in [0.15, 0.2) is 18.2 Å². The van der Waals surface area contributed by atoms with E-state index < -0.39 is 23.4 Å². The highest BCUT2D eigenvalue weighted by Crippen LogP contribution is 2.23. The van der Waals surface area contributed by atoms with Crippen LogP contribution in [0.2, 0.25) is 0 Å². The van der Waals surface area contributed by atoms with Crippen LogP contribution in [0.1, 0.15) is 26.7 Å². The van der Waals surface area contributed by atoms with Crippen LogP contribution in [0.4, 0.5) is 20.6 Å². The zero-order valence-corrected chi connectivity index (χ0v) is 14.5. The van der Waals surface area contributed by atoms with Crippen molar-refractivity contribution < 1.29 is 23.8 Å². The fourth-order valence-electron chi connectivity index (χ4n) is 2.60. The van der Waals surface area contributed by atoms with Gasteiger partial charge < -0.3 is 25.4 Å². The Labute approximate surface area is 146 Å². The molecule has 1 aromatic carbocycles. The molecule has 1 aliphatic heterocycles. The first-order chi connectivity index (χ1) is 11.7. The van der Waals surface area contributed by atoms with E-state index in [2.05, 4.69) is 10.6 Å². The normalized spacial score (nSPS) is 14.9. The van der Waals surface area contributed by atoms with Crippen LogP contribution in [-0.2, 0) is 9.53 Å². The number of ether oxygens (including phenoxy) is 1. The van der Waals surface area contributed by atoms with Gasteiger partial charge in [0, 0.05) is 36.4 Å². The highest BCUT2D eigenvalue weighted by atomic mass is 19.1. The second-order valence-corrected chi connectivity index (χ2v) is 6.65. The maximum absolute atomic E-state index is 13.9. The van der Waals surface area contributed by atoms with Gasteiger partial charge in [-0.25, -0.2) is 9.18 Å². The predicted octanol–water partition coefficient (Wildman–Crippen LogP) is 2.43. The van der Waals surface area contributed by atoms with Gasteiger partial charge in [0.15, 0.2) is 0 Å². The second kappa shape index (κ2) is 8.15. The minimum Gasteiger partial charge on any atom is -0.481 e. The number of hydrogen-bond acceptors (Lipinski definition) is 4. The van der Waals surface area contributed by atoms with Crippen molar-refractivity contribution in [3.8, 4) is 0 Å². The first kappa shape index (κ1) is 19.0. The third-order valence-corrected chi connectivity index (χ3v) is 3.93. The average molecular weight is 353 g/mol. The average Bonchev–Trinajstić information content (AvgIpc) is 2.53. The molecule has 1 aromatic rings. The lowest BCUT2D eigenvalue weighted by atomic mass is 9.99. The van der Waals surface area contributed by atoms with Crippen molar-refractivity contribution in [2.75, 3.05) is 36.5 Å². The number of hydrogen-bond donors (Lipinski definition) is 3. The molecule has 1 saturated heterocycles. The Balaban J connectivity index is 2.00. The predicted molar refractivity (Wildman–Crippen MR) is 92.5 cm³/mol. The van der Waals surface area contributed by atoms with E-state index in [4.69, 9.17) is 9.84 Å². The Hall–Kier alpha value is -2.35. The molecule has 2 amide bonds. The number of anilines is 2. The van der Waals surface area contributed by atoms with Crippen molar-refractivity contribution >= 4 is 23.4 Å². The second-order valence-electron chi connectivity index (χ2n) is 6.65. The SMILES string of the molecule is CC(C)(CCC(=O)O)NC(=O)Nc1cc(F)cc(N2CCOCC2)c1. The molecule has 0 unspecified atom stereocenters. The summed E-state index contributed by atoms with van der Waals surface area (Å²) in [6.45, 7) is 5.96. The smallest absolute Gasteiger partial charge is 0.319 e. The summed E-state index contributed by atoms with van der Waals surface area (Å²) in [4.78, 5) is 24.8. The topological polar surface area (TPSA) is 90.9 Å². The minimum absolute atomic E-state index is 0.0472. The number of carbonyl (C=O) groups is 2. The number of aliphatic carboxylic acids is 1. The molecule has 1 aliphatic rings. The Morgan fingerprint density at radius 3 is 2.60 bits per heavy atom. The fourth-order valence-corrected chi connectivity index (χ4v) is 2.60. The number of rotatable bonds is 6. The standard InChI is InChI=1S/C17H24FN3O4/c1-17(2,4-3-15(22)23)20-16(24)19-13-9-12(18)10-14(11-13)21-5-7-25-8-6-21/h9-11H,3-8H2,1-2H3,(H,22,23)(H2,19,20,24). The van der Waals surface area contributed by atoms with Gasteiger partial charge in [0.25, 0.3) is 0 Å². The van der Waals surface area contributed by atoms with E-state index in [1.54, 1.807) is 19.9 Å². The summed E-state index contributed by atoms with van der Waals surface area (Å²) in [5, 5.41) is 14.1. The summed E-state index contributed by atoms with van der Waals surface area (Å²) in [5.74, 6) is -1.36. The molecule has 1 fully saturated rings. The number of nitrogens with zero attached hydrogens (tertiary/aromatic N) is 1. The minimum atomic E-state index is -0.921. The van der Waals surface area contributed by atoms with Gasteiger partial charge in [-0.1, -0.05) is 0 Å². The molecule has 25 heavy (non-hydrogen) atoms. The number of carboxylic acid groups (broad SMARTS) is 1. The zero-order chi connectivity index (χ0) is 18.4. The molecule has 0 bridgehead atoms. The monoisotopic (exact) mass is 353 g/mol. The van der Waals surface area contributed by atoms with Gasteiger partial charge in [0.05, 0.1) is 13.2 Å². The highest BCUT2D eigenvalue weighted by molar-refractivity contribution is 5.90. The van der Waals surface area contributed by atoms with Crippen molar-refractivity contribution in [2.45, 2.75) is 32.2 Å². The van der Waals surface area contributed by atoms with Gasteiger partial charge in [0.1, 0.15) is 5.82 Å². The highest BCUT2D eigenvalue weighted by Gasteiger charge is 2.22. The lowest BCUT2D eigenvalue weighted by Crippen LogP contribution is -2.45. The zero-order valence-electron chi connectivity index (χ0n) is 14.5. The van der Waals surface area contributed by atoms with E-state index in [0.29, 0.717) is 37.7 Å². The maximum Gasteiger partial charge on any atom is 0.319 e. The van der Waals surface area contributed by atoms with E-state index >= 15 is 0 Å². The molecule has 0 spiro atoms. The van der Waals surface area contributed by atoms with Crippen molar-refractivity contribution in [3.63, 3.8) is 0 Å².